The number of benzene rings is 2. The summed E-state index contributed by atoms with van der Waals surface area (Å²) in [5.41, 5.74) is 1.09. The van der Waals surface area contributed by atoms with Crippen LogP contribution in [0.1, 0.15) is 6.42 Å². The second-order valence-electron chi connectivity index (χ2n) is 8.85. The number of thioether (sulfide) groups is 1. The number of nitrogens with zero attached hydrogens (tertiary/aromatic N) is 4. The van der Waals surface area contributed by atoms with E-state index in [1.165, 1.54) is 38.0 Å². The van der Waals surface area contributed by atoms with Gasteiger partial charge in [0.25, 0.3) is 0 Å². The molecule has 2 aromatic rings. The number of sulfonamides is 1. The zero-order valence-corrected chi connectivity index (χ0v) is 22.5. The number of hydrogen-bond donors (Lipinski definition) is 1. The van der Waals surface area contributed by atoms with Crippen molar-refractivity contribution in [1.29, 1.82) is 0 Å². The van der Waals surface area contributed by atoms with Crippen LogP contribution in [-0.4, -0.2) is 98.2 Å². The number of aliphatic imine (C=N–C) groups is 1. The fourth-order valence-corrected chi connectivity index (χ4v) is 6.06. The van der Waals surface area contributed by atoms with Crippen LogP contribution in [0.15, 0.2) is 64.5 Å². The topological polar surface area (TPSA) is 112 Å². The molecule has 2 aromatic carbocycles. The van der Waals surface area contributed by atoms with E-state index in [1.807, 2.05) is 18.2 Å². The van der Waals surface area contributed by atoms with Crippen LogP contribution < -0.4 is 5.32 Å². The van der Waals surface area contributed by atoms with Crippen LogP contribution in [-0.2, 0) is 24.3 Å². The van der Waals surface area contributed by atoms with Crippen LogP contribution in [0.5, 0.6) is 0 Å². The lowest BCUT2D eigenvalue weighted by atomic mass is 10.2. The van der Waals surface area contributed by atoms with E-state index in [9.17, 15) is 18.0 Å². The molecule has 10 nitrogen and oxygen atoms in total. The molecule has 1 unspecified atom stereocenters. The van der Waals surface area contributed by atoms with Gasteiger partial charge in [-0.3, -0.25) is 19.4 Å². The number of amidine groups is 1. The first-order valence-corrected chi connectivity index (χ1v) is 14.3. The van der Waals surface area contributed by atoms with Crippen molar-refractivity contribution in [1.82, 2.24) is 14.1 Å². The number of nitrogens with one attached hydrogen (secondary N) is 1. The Hall–Kier alpha value is -2.77. The van der Waals surface area contributed by atoms with Gasteiger partial charge >= 0.3 is 0 Å². The van der Waals surface area contributed by atoms with E-state index in [0.717, 1.165) is 17.4 Å². The molecule has 2 aliphatic rings. The monoisotopic (exact) mass is 545 g/mol. The Morgan fingerprint density at radius 2 is 1.84 bits per heavy atom. The SMILES string of the molecule is CN(C)S(=O)(=O)c1cccc(N=C2SC(CC(=O)Nc3ccccc3)C(=O)N2CCN2CCOCC2)c1. The van der Waals surface area contributed by atoms with Crippen molar-refractivity contribution < 1.29 is 22.7 Å². The van der Waals surface area contributed by atoms with E-state index in [-0.39, 0.29) is 23.1 Å². The number of anilines is 1. The third kappa shape index (κ3) is 6.96. The van der Waals surface area contributed by atoms with Crippen molar-refractivity contribution in [2.24, 2.45) is 4.99 Å². The molecule has 12 heteroatoms. The predicted octanol–water partition coefficient (Wildman–Crippen LogP) is 2.23. The highest BCUT2D eigenvalue weighted by Crippen LogP contribution is 2.32. The number of para-hydroxylation sites is 1. The van der Waals surface area contributed by atoms with E-state index in [4.69, 9.17) is 4.74 Å². The molecule has 0 bridgehead atoms. The van der Waals surface area contributed by atoms with E-state index >= 15 is 0 Å². The average Bonchev–Trinajstić information content (AvgIpc) is 3.17. The van der Waals surface area contributed by atoms with Crippen molar-refractivity contribution >= 4 is 50.1 Å². The molecule has 1 N–H and O–H groups in total. The molecule has 2 saturated heterocycles. The minimum Gasteiger partial charge on any atom is -0.379 e. The Balaban J connectivity index is 1.54. The Labute approximate surface area is 221 Å². The highest BCUT2D eigenvalue weighted by molar-refractivity contribution is 8.15. The van der Waals surface area contributed by atoms with Gasteiger partial charge < -0.3 is 10.1 Å². The van der Waals surface area contributed by atoms with Crippen LogP contribution in [0.3, 0.4) is 0 Å². The fourth-order valence-electron chi connectivity index (χ4n) is 3.93. The second-order valence-corrected chi connectivity index (χ2v) is 12.2. The summed E-state index contributed by atoms with van der Waals surface area (Å²) < 4.78 is 31.7. The summed E-state index contributed by atoms with van der Waals surface area (Å²) in [5.74, 6) is -0.442. The molecule has 0 radical (unpaired) electrons. The van der Waals surface area contributed by atoms with Gasteiger partial charge in [0, 0.05) is 52.4 Å². The van der Waals surface area contributed by atoms with Crippen LogP contribution in [0.25, 0.3) is 0 Å². The summed E-state index contributed by atoms with van der Waals surface area (Å²) in [6.45, 7) is 3.94. The molecule has 2 aliphatic heterocycles. The summed E-state index contributed by atoms with van der Waals surface area (Å²) in [5, 5.41) is 2.66. The van der Waals surface area contributed by atoms with Crippen molar-refractivity contribution in [2.75, 3.05) is 58.8 Å². The van der Waals surface area contributed by atoms with Crippen molar-refractivity contribution in [3.8, 4) is 0 Å². The Bertz CT molecular complexity index is 1250. The van der Waals surface area contributed by atoms with Crippen molar-refractivity contribution in [3.63, 3.8) is 0 Å². The molecule has 2 heterocycles. The summed E-state index contributed by atoms with van der Waals surface area (Å²) in [4.78, 5) is 34.7. The van der Waals surface area contributed by atoms with Gasteiger partial charge in [0.1, 0.15) is 5.25 Å². The zero-order chi connectivity index (χ0) is 26.4. The molecule has 0 saturated carbocycles. The smallest absolute Gasteiger partial charge is 0.242 e. The second kappa shape index (κ2) is 12.2. The molecule has 0 aliphatic carbocycles. The zero-order valence-electron chi connectivity index (χ0n) is 20.9. The molecular weight excluding hydrogens is 514 g/mol. The highest BCUT2D eigenvalue weighted by Gasteiger charge is 2.39. The summed E-state index contributed by atoms with van der Waals surface area (Å²) in [7, 11) is -0.693. The molecule has 2 fully saturated rings. The number of morpholine rings is 1. The maximum Gasteiger partial charge on any atom is 0.242 e. The van der Waals surface area contributed by atoms with Gasteiger partial charge in [0.2, 0.25) is 21.8 Å². The lowest BCUT2D eigenvalue weighted by molar-refractivity contribution is -0.128. The maximum atomic E-state index is 13.4. The van der Waals surface area contributed by atoms with Crippen LogP contribution in [0.4, 0.5) is 11.4 Å². The third-order valence-electron chi connectivity index (χ3n) is 6.01. The summed E-state index contributed by atoms with van der Waals surface area (Å²) in [6.07, 6.45) is 0.000513. The molecule has 1 atom stereocenters. The average molecular weight is 546 g/mol. The van der Waals surface area contributed by atoms with Gasteiger partial charge in [-0.15, -0.1) is 0 Å². The van der Waals surface area contributed by atoms with Gasteiger partial charge in [-0.25, -0.2) is 17.7 Å². The van der Waals surface area contributed by atoms with Crippen molar-refractivity contribution in [3.05, 3.63) is 54.6 Å². The minimum atomic E-state index is -3.63. The third-order valence-corrected chi connectivity index (χ3v) is 9.00. The first-order valence-electron chi connectivity index (χ1n) is 12.0. The number of carbonyl (C=O) groups is 2. The van der Waals surface area contributed by atoms with Crippen LogP contribution in [0, 0.1) is 0 Å². The van der Waals surface area contributed by atoms with Gasteiger partial charge in [-0.2, -0.15) is 0 Å². The van der Waals surface area contributed by atoms with Gasteiger partial charge in [0.15, 0.2) is 5.17 Å². The summed E-state index contributed by atoms with van der Waals surface area (Å²) >= 11 is 1.23. The maximum absolute atomic E-state index is 13.4. The molecular formula is C25H31N5O5S2. The lowest BCUT2D eigenvalue weighted by Gasteiger charge is -2.28. The van der Waals surface area contributed by atoms with E-state index in [1.54, 1.807) is 29.2 Å². The molecule has 2 amide bonds. The fraction of sp³-hybridized carbons (Fsp3) is 0.400. The van der Waals surface area contributed by atoms with Crippen LogP contribution in [0.2, 0.25) is 0 Å². The Morgan fingerprint density at radius 3 is 2.54 bits per heavy atom. The van der Waals surface area contributed by atoms with Gasteiger partial charge in [0.05, 0.1) is 23.8 Å². The number of ether oxygens (including phenoxy) is 1. The first kappa shape index (κ1) is 27.3. The largest absolute Gasteiger partial charge is 0.379 e. The quantitative estimate of drug-likeness (QED) is 0.514. The number of carbonyl (C=O) groups excluding carboxylic acids is 2. The highest BCUT2D eigenvalue weighted by atomic mass is 32.2. The number of amides is 2. The van der Waals surface area contributed by atoms with Crippen LogP contribution >= 0.6 is 11.8 Å². The van der Waals surface area contributed by atoms with Gasteiger partial charge in [-0.05, 0) is 30.3 Å². The van der Waals surface area contributed by atoms with E-state index in [0.29, 0.717) is 42.8 Å². The minimum absolute atomic E-state index is 0.000513. The number of hydrogen-bond acceptors (Lipinski definition) is 8. The van der Waals surface area contributed by atoms with Gasteiger partial charge in [-0.1, -0.05) is 36.0 Å². The number of rotatable bonds is 9. The molecule has 37 heavy (non-hydrogen) atoms. The lowest BCUT2D eigenvalue weighted by Crippen LogP contribution is -2.43. The predicted molar refractivity (Wildman–Crippen MR) is 144 cm³/mol. The summed E-state index contributed by atoms with van der Waals surface area (Å²) in [6, 6.07) is 15.4. The Morgan fingerprint density at radius 1 is 1.11 bits per heavy atom. The molecule has 0 spiro atoms. The first-order chi connectivity index (χ1) is 17.7. The molecule has 0 aromatic heterocycles. The molecule has 198 valence electrons. The van der Waals surface area contributed by atoms with E-state index in [2.05, 4.69) is 15.2 Å². The molecule has 4 rings (SSSR count). The van der Waals surface area contributed by atoms with E-state index < -0.39 is 15.3 Å². The standard InChI is InChI=1S/C25H31N5O5S2/c1-28(2)37(33,34)21-10-6-9-20(17-21)27-25-30(12-11-29-13-15-35-16-14-29)24(32)22(36-25)18-23(31)26-19-7-4-3-5-8-19/h3-10,17,22H,11-16,18H2,1-2H3,(H,26,31). The van der Waals surface area contributed by atoms with Crippen molar-refractivity contribution in [2.45, 2.75) is 16.6 Å². The normalized spacial score (nSPS) is 20.1. The Kier molecular flexibility index (Phi) is 8.98.